The van der Waals surface area contributed by atoms with Crippen LogP contribution in [0.15, 0.2) is 59.7 Å². The predicted molar refractivity (Wildman–Crippen MR) is 142 cm³/mol. The first-order valence-corrected chi connectivity index (χ1v) is 21.3. The number of benzene rings is 2. The molecule has 2 aromatic rings. The molecule has 1 aliphatic heterocycles. The molecule has 0 nitrogen and oxygen atoms in total. The maximum atomic E-state index is 2.60. The summed E-state index contributed by atoms with van der Waals surface area (Å²) in [5.74, 6) is 1.47. The second-order valence-electron chi connectivity index (χ2n) is 10.8. The van der Waals surface area contributed by atoms with Gasteiger partial charge in [0.15, 0.2) is 0 Å². The van der Waals surface area contributed by atoms with Gasteiger partial charge in [0.2, 0.25) is 0 Å². The molecule has 172 valence electrons. The second-order valence-corrected chi connectivity index (χ2v) is 27.4. The van der Waals surface area contributed by atoms with Crippen LogP contribution in [-0.2, 0) is 20.0 Å². The summed E-state index contributed by atoms with van der Waals surface area (Å²) < 4.78 is 4.76. The zero-order valence-corrected chi connectivity index (χ0v) is 25.2. The SMILES string of the molecule is CC(C)CC1=Cc2ccccc2[CH]1[Hf]1([CH]2C(CC(C)C)=Cc3ccccc32)[CH2]C[CH2]1.Cl.Cl. The van der Waals surface area contributed by atoms with E-state index in [1.54, 1.807) is 30.6 Å². The molecule has 3 aliphatic rings. The number of hydrogen-bond donors (Lipinski definition) is 0. The van der Waals surface area contributed by atoms with Crippen LogP contribution in [0, 0.1) is 11.8 Å². The van der Waals surface area contributed by atoms with Crippen LogP contribution >= 0.6 is 24.8 Å². The minimum absolute atomic E-state index is 0. The fraction of sp³-hybridized carbons (Fsp3) is 0.448. The van der Waals surface area contributed by atoms with Gasteiger partial charge in [-0.25, -0.2) is 0 Å². The summed E-state index contributed by atoms with van der Waals surface area (Å²) in [6.45, 7) is 9.61. The standard InChI is InChI=1S/2C13H15.C3H6.2ClH.Hf/c2*1-10(2)7-11-8-12-5-3-4-6-13(12)9-11;1-3-2;;;/h2*3-6,8-10H,7H2,1-2H3;1-3H2;2*1H;. The van der Waals surface area contributed by atoms with E-state index in [0.717, 1.165) is 19.2 Å². The Morgan fingerprint density at radius 3 is 1.44 bits per heavy atom. The average molecular weight is 636 g/mol. The number of fused-ring (bicyclic) bond motifs is 2. The molecule has 0 amide bonds. The Hall–Kier alpha value is -0.630. The van der Waals surface area contributed by atoms with E-state index in [2.05, 4.69) is 88.4 Å². The van der Waals surface area contributed by atoms with E-state index in [4.69, 9.17) is 0 Å². The summed E-state index contributed by atoms with van der Waals surface area (Å²) in [7, 11) is 0. The van der Waals surface area contributed by atoms with Gasteiger partial charge < -0.3 is 0 Å². The van der Waals surface area contributed by atoms with Crippen LogP contribution in [0.1, 0.15) is 76.6 Å². The molecule has 2 aromatic carbocycles. The van der Waals surface area contributed by atoms with Gasteiger partial charge in [-0.1, -0.05) is 0 Å². The molecule has 3 heteroatoms. The third-order valence-corrected chi connectivity index (χ3v) is 30.1. The summed E-state index contributed by atoms with van der Waals surface area (Å²) in [6, 6.07) is 18.8. The molecule has 1 fully saturated rings. The van der Waals surface area contributed by atoms with E-state index in [-0.39, 0.29) is 24.8 Å². The van der Waals surface area contributed by atoms with Crippen molar-refractivity contribution in [2.24, 2.45) is 11.8 Å². The molecule has 1 saturated heterocycles. The van der Waals surface area contributed by atoms with Crippen molar-refractivity contribution in [1.29, 1.82) is 0 Å². The van der Waals surface area contributed by atoms with E-state index in [1.807, 2.05) is 0 Å². The van der Waals surface area contributed by atoms with Crippen molar-refractivity contribution in [2.45, 2.75) is 62.7 Å². The number of hydrogen-bond acceptors (Lipinski definition) is 0. The Bertz CT molecular complexity index is 936. The first-order valence-electron chi connectivity index (χ1n) is 12.1. The molecule has 2 unspecified atom stereocenters. The summed E-state index contributed by atoms with van der Waals surface area (Å²) in [5, 5.41) is 0. The van der Waals surface area contributed by atoms with E-state index >= 15 is 0 Å². The molecule has 2 aliphatic carbocycles. The third kappa shape index (κ3) is 4.39. The first kappa shape index (κ1) is 26.0. The summed E-state index contributed by atoms with van der Waals surface area (Å²) in [4.78, 5) is 0. The molecule has 5 rings (SSSR count). The Labute approximate surface area is 212 Å². The van der Waals surface area contributed by atoms with Gasteiger partial charge in [-0.05, 0) is 0 Å². The van der Waals surface area contributed by atoms with Gasteiger partial charge in [0.25, 0.3) is 0 Å². The Balaban J connectivity index is 0.00000144. The number of halogens is 2. The Morgan fingerprint density at radius 1 is 0.688 bits per heavy atom. The zero-order chi connectivity index (χ0) is 20.9. The number of rotatable bonds is 6. The van der Waals surface area contributed by atoms with Gasteiger partial charge in [-0.2, -0.15) is 0 Å². The van der Waals surface area contributed by atoms with Crippen LogP contribution < -0.4 is 0 Å². The van der Waals surface area contributed by atoms with Gasteiger partial charge in [-0.15, -0.1) is 24.8 Å². The van der Waals surface area contributed by atoms with Crippen LogP contribution in [0.3, 0.4) is 0 Å². The summed E-state index contributed by atoms with van der Waals surface area (Å²) in [5.41, 5.74) is 10.0. The molecule has 0 bridgehead atoms. The van der Waals surface area contributed by atoms with Crippen molar-refractivity contribution >= 4 is 37.0 Å². The van der Waals surface area contributed by atoms with E-state index in [1.165, 1.54) is 30.4 Å². The van der Waals surface area contributed by atoms with Crippen molar-refractivity contribution < 1.29 is 20.0 Å². The molecule has 2 atom stereocenters. The minimum atomic E-state index is -2.73. The largest absolute Gasteiger partial charge is 0.147 e. The normalized spacial score (nSPS) is 22.3. The molecule has 0 spiro atoms. The van der Waals surface area contributed by atoms with Crippen LogP contribution in [0.2, 0.25) is 8.35 Å². The van der Waals surface area contributed by atoms with Gasteiger partial charge >= 0.3 is 189 Å². The number of allylic oxidation sites excluding steroid dienone is 2. The van der Waals surface area contributed by atoms with Crippen molar-refractivity contribution in [3.63, 3.8) is 0 Å². The topological polar surface area (TPSA) is 0 Å². The summed E-state index contributed by atoms with van der Waals surface area (Å²) >= 11 is -2.73. The molecule has 1 heterocycles. The van der Waals surface area contributed by atoms with Crippen LogP contribution in [0.25, 0.3) is 12.2 Å². The third-order valence-electron chi connectivity index (χ3n) is 7.76. The first-order chi connectivity index (χ1) is 14.5. The smallest absolute Gasteiger partial charge is 0.147 e. The molecule has 32 heavy (non-hydrogen) atoms. The quantitative estimate of drug-likeness (QED) is 0.277. The molecule has 0 saturated carbocycles. The van der Waals surface area contributed by atoms with Crippen LogP contribution in [-0.4, -0.2) is 0 Å². The maximum absolute atomic E-state index is 2.73. The van der Waals surface area contributed by atoms with E-state index in [0.29, 0.717) is 0 Å². The van der Waals surface area contributed by atoms with Gasteiger partial charge in [0.05, 0.1) is 0 Å². The zero-order valence-electron chi connectivity index (χ0n) is 19.9. The molecular weight excluding hydrogens is 598 g/mol. The van der Waals surface area contributed by atoms with Crippen molar-refractivity contribution in [2.75, 3.05) is 0 Å². The van der Waals surface area contributed by atoms with E-state index < -0.39 is 20.0 Å². The second kappa shape index (κ2) is 10.3. The van der Waals surface area contributed by atoms with Gasteiger partial charge in [-0.3, -0.25) is 0 Å². The van der Waals surface area contributed by atoms with Crippen LogP contribution in [0.4, 0.5) is 0 Å². The molecule has 0 radical (unpaired) electrons. The van der Waals surface area contributed by atoms with Crippen molar-refractivity contribution in [3.05, 3.63) is 81.9 Å². The average Bonchev–Trinajstić information content (AvgIpc) is 3.19. The predicted octanol–water partition coefficient (Wildman–Crippen LogP) is 9.59. The van der Waals surface area contributed by atoms with Crippen molar-refractivity contribution in [3.8, 4) is 0 Å². The monoisotopic (exact) mass is 636 g/mol. The molecular formula is C29H38Cl2Hf. The fourth-order valence-electron chi connectivity index (χ4n) is 6.76. The van der Waals surface area contributed by atoms with Gasteiger partial charge in [0, 0.05) is 0 Å². The fourth-order valence-corrected chi connectivity index (χ4v) is 29.4. The Kier molecular flexibility index (Phi) is 8.38. The van der Waals surface area contributed by atoms with Gasteiger partial charge in [0.1, 0.15) is 0 Å². The van der Waals surface area contributed by atoms with E-state index in [9.17, 15) is 0 Å². The molecule has 0 N–H and O–H groups in total. The van der Waals surface area contributed by atoms with Crippen molar-refractivity contribution in [1.82, 2.24) is 0 Å². The minimum Gasteiger partial charge on any atom is -0.147 e. The van der Waals surface area contributed by atoms with Crippen LogP contribution in [0.5, 0.6) is 0 Å². The molecule has 0 aromatic heterocycles. The maximum Gasteiger partial charge on any atom is -0.147 e. The Morgan fingerprint density at radius 2 is 1.09 bits per heavy atom. The summed E-state index contributed by atoms with van der Waals surface area (Å²) in [6.07, 6.45) is 9.24.